The van der Waals surface area contributed by atoms with E-state index in [0.717, 1.165) is 12.1 Å². The van der Waals surface area contributed by atoms with Crippen LogP contribution < -0.4 is 5.14 Å². The molecule has 1 aromatic heterocycles. The largest absolute Gasteiger partial charge is 0.394 e. The summed E-state index contributed by atoms with van der Waals surface area (Å²) < 4.78 is 0. The van der Waals surface area contributed by atoms with E-state index in [1.165, 1.54) is 17.5 Å². The Kier molecular flexibility index (Phi) is 8.25. The Morgan fingerprint density at radius 3 is 2.31 bits per heavy atom. The average Bonchev–Trinajstić information content (AvgIpc) is 2.20. The van der Waals surface area contributed by atoms with Crippen LogP contribution in [0.5, 0.6) is 0 Å². The number of rotatable bonds is 3. The van der Waals surface area contributed by atoms with Crippen molar-refractivity contribution in [3.05, 3.63) is 29.6 Å². The standard InChI is InChI=1S/C9H14N2S.C3H8O/c1-7-3-4-9(11-6-7)5-8(2)12-10;1-3(2)4/h3-4,6,8H,5,10H2,1-2H3;3-4H,1-2H3. The second kappa shape index (κ2) is 8.56. The molecule has 4 heteroatoms. The summed E-state index contributed by atoms with van der Waals surface area (Å²) in [4.78, 5) is 4.30. The highest BCUT2D eigenvalue weighted by atomic mass is 32.2. The van der Waals surface area contributed by atoms with E-state index in [-0.39, 0.29) is 6.10 Å². The Morgan fingerprint density at radius 1 is 1.38 bits per heavy atom. The van der Waals surface area contributed by atoms with E-state index in [9.17, 15) is 0 Å². The number of hydrogen-bond acceptors (Lipinski definition) is 4. The molecule has 0 spiro atoms. The van der Waals surface area contributed by atoms with Gasteiger partial charge in [0.15, 0.2) is 0 Å². The zero-order valence-corrected chi connectivity index (χ0v) is 11.3. The summed E-state index contributed by atoms with van der Waals surface area (Å²) in [5, 5.41) is 13.9. The Morgan fingerprint density at radius 2 is 1.94 bits per heavy atom. The first kappa shape index (κ1) is 15.4. The van der Waals surface area contributed by atoms with Crippen LogP contribution in [0.2, 0.25) is 0 Å². The van der Waals surface area contributed by atoms with Crippen LogP contribution in [0.1, 0.15) is 32.0 Å². The van der Waals surface area contributed by atoms with E-state index in [0.29, 0.717) is 5.25 Å². The third-order valence-corrected chi connectivity index (χ3v) is 2.33. The lowest BCUT2D eigenvalue weighted by Crippen LogP contribution is -2.05. The van der Waals surface area contributed by atoms with Crippen LogP contribution in [0.15, 0.2) is 18.3 Å². The van der Waals surface area contributed by atoms with Gasteiger partial charge < -0.3 is 5.11 Å². The number of aromatic nitrogens is 1. The van der Waals surface area contributed by atoms with E-state index in [1.54, 1.807) is 13.8 Å². The van der Waals surface area contributed by atoms with Crippen LogP contribution in [-0.2, 0) is 6.42 Å². The molecule has 1 unspecified atom stereocenters. The van der Waals surface area contributed by atoms with Crippen LogP contribution in [0.3, 0.4) is 0 Å². The van der Waals surface area contributed by atoms with Crippen molar-refractivity contribution in [2.75, 3.05) is 0 Å². The molecule has 0 aliphatic heterocycles. The van der Waals surface area contributed by atoms with E-state index < -0.39 is 0 Å². The molecule has 92 valence electrons. The van der Waals surface area contributed by atoms with Crippen molar-refractivity contribution >= 4 is 11.9 Å². The molecule has 3 N–H and O–H groups in total. The quantitative estimate of drug-likeness (QED) is 0.799. The topological polar surface area (TPSA) is 59.1 Å². The van der Waals surface area contributed by atoms with E-state index >= 15 is 0 Å². The summed E-state index contributed by atoms with van der Waals surface area (Å²) in [6.07, 6.45) is 2.67. The van der Waals surface area contributed by atoms with Crippen LogP contribution in [0.4, 0.5) is 0 Å². The summed E-state index contributed by atoms with van der Waals surface area (Å²) in [5.74, 6) is 0. The van der Waals surface area contributed by atoms with Gasteiger partial charge in [0.05, 0.1) is 0 Å². The minimum absolute atomic E-state index is 0.167. The maximum absolute atomic E-state index is 8.06. The molecule has 1 heterocycles. The molecular weight excluding hydrogens is 220 g/mol. The van der Waals surface area contributed by atoms with Crippen molar-refractivity contribution in [2.24, 2.45) is 5.14 Å². The molecule has 0 aliphatic rings. The first-order valence-corrected chi connectivity index (χ1v) is 6.35. The van der Waals surface area contributed by atoms with Crippen LogP contribution in [0, 0.1) is 6.92 Å². The smallest absolute Gasteiger partial charge is 0.0483 e. The highest BCUT2D eigenvalue weighted by Crippen LogP contribution is 2.09. The number of pyridine rings is 1. The Labute approximate surface area is 103 Å². The number of nitrogens with two attached hydrogens (primary N) is 1. The zero-order valence-electron chi connectivity index (χ0n) is 10.5. The Bertz CT molecular complexity index is 272. The fourth-order valence-electron chi connectivity index (χ4n) is 0.962. The average molecular weight is 242 g/mol. The summed E-state index contributed by atoms with van der Waals surface area (Å²) in [5.41, 5.74) is 2.32. The second-order valence-electron chi connectivity index (χ2n) is 4.07. The minimum atomic E-state index is -0.167. The van der Waals surface area contributed by atoms with Gasteiger partial charge in [-0.1, -0.05) is 24.9 Å². The third-order valence-electron chi connectivity index (χ3n) is 1.70. The van der Waals surface area contributed by atoms with Gasteiger partial charge in [0.1, 0.15) is 0 Å². The molecule has 3 nitrogen and oxygen atoms in total. The van der Waals surface area contributed by atoms with Gasteiger partial charge in [-0.3, -0.25) is 10.1 Å². The van der Waals surface area contributed by atoms with Crippen molar-refractivity contribution in [3.8, 4) is 0 Å². The zero-order chi connectivity index (χ0) is 12.6. The first-order chi connectivity index (χ1) is 7.45. The maximum atomic E-state index is 8.06. The molecule has 0 saturated heterocycles. The molecule has 0 aliphatic carbocycles. The lowest BCUT2D eigenvalue weighted by molar-refractivity contribution is 0.216. The molecular formula is C12H22N2OS. The summed E-state index contributed by atoms with van der Waals surface area (Å²) in [7, 11) is 0. The lowest BCUT2D eigenvalue weighted by atomic mass is 10.2. The molecule has 0 aromatic carbocycles. The minimum Gasteiger partial charge on any atom is -0.394 e. The fourth-order valence-corrected chi connectivity index (χ4v) is 1.23. The molecule has 16 heavy (non-hydrogen) atoms. The van der Waals surface area contributed by atoms with Gasteiger partial charge in [-0.05, 0) is 32.4 Å². The molecule has 0 radical (unpaired) electrons. The van der Waals surface area contributed by atoms with Gasteiger partial charge in [-0.15, -0.1) is 0 Å². The monoisotopic (exact) mass is 242 g/mol. The number of hydrogen-bond donors (Lipinski definition) is 2. The molecule has 1 atom stereocenters. The predicted molar refractivity (Wildman–Crippen MR) is 71.3 cm³/mol. The molecule has 0 saturated carbocycles. The van der Waals surface area contributed by atoms with Crippen molar-refractivity contribution in [1.82, 2.24) is 4.98 Å². The molecule has 0 fully saturated rings. The van der Waals surface area contributed by atoms with Gasteiger partial charge >= 0.3 is 0 Å². The fraction of sp³-hybridized carbons (Fsp3) is 0.583. The summed E-state index contributed by atoms with van der Waals surface area (Å²) in [6.45, 7) is 7.59. The van der Waals surface area contributed by atoms with E-state index in [1.807, 2.05) is 13.1 Å². The summed E-state index contributed by atoms with van der Waals surface area (Å²) >= 11 is 1.38. The van der Waals surface area contributed by atoms with E-state index in [2.05, 4.69) is 24.0 Å². The van der Waals surface area contributed by atoms with Crippen molar-refractivity contribution in [2.45, 2.75) is 45.5 Å². The molecule has 1 aromatic rings. The normalized spacial score (nSPS) is 11.9. The number of aryl methyl sites for hydroxylation is 1. The van der Waals surface area contributed by atoms with Crippen LogP contribution in [0.25, 0.3) is 0 Å². The van der Waals surface area contributed by atoms with Gasteiger partial charge in [-0.2, -0.15) is 0 Å². The first-order valence-electron chi connectivity index (χ1n) is 5.40. The maximum Gasteiger partial charge on any atom is 0.0483 e. The van der Waals surface area contributed by atoms with Gasteiger partial charge in [-0.25, -0.2) is 0 Å². The molecule has 0 bridgehead atoms. The van der Waals surface area contributed by atoms with Crippen LogP contribution >= 0.6 is 11.9 Å². The van der Waals surface area contributed by atoms with Gasteiger partial charge in [0, 0.05) is 29.7 Å². The van der Waals surface area contributed by atoms with Crippen molar-refractivity contribution in [3.63, 3.8) is 0 Å². The van der Waals surface area contributed by atoms with E-state index in [4.69, 9.17) is 10.2 Å². The van der Waals surface area contributed by atoms with Crippen molar-refractivity contribution in [1.29, 1.82) is 0 Å². The highest BCUT2D eigenvalue weighted by Gasteiger charge is 2.01. The molecule has 0 amide bonds. The number of nitrogens with zero attached hydrogens (tertiary/aromatic N) is 1. The Hall–Kier alpha value is -0.580. The predicted octanol–water partition coefficient (Wildman–Crippen LogP) is 2.32. The van der Waals surface area contributed by atoms with Gasteiger partial charge in [0.25, 0.3) is 0 Å². The summed E-state index contributed by atoms with van der Waals surface area (Å²) in [6, 6.07) is 4.14. The lowest BCUT2D eigenvalue weighted by Gasteiger charge is -2.06. The SMILES string of the molecule is CC(C)O.Cc1ccc(CC(C)SN)nc1. The third kappa shape index (κ3) is 8.71. The highest BCUT2D eigenvalue weighted by molar-refractivity contribution is 7.97. The van der Waals surface area contributed by atoms with Crippen molar-refractivity contribution < 1.29 is 5.11 Å². The number of aliphatic hydroxyl groups excluding tert-OH is 1. The van der Waals surface area contributed by atoms with Crippen LogP contribution in [-0.4, -0.2) is 21.4 Å². The second-order valence-corrected chi connectivity index (χ2v) is 5.15. The Balaban J connectivity index is 0.000000487. The molecule has 1 rings (SSSR count). The number of aliphatic hydroxyl groups is 1. The van der Waals surface area contributed by atoms with Gasteiger partial charge in [0.2, 0.25) is 0 Å².